The number of benzene rings is 1. The van der Waals surface area contributed by atoms with Gasteiger partial charge in [-0.25, -0.2) is 4.98 Å². The molecule has 1 aliphatic rings. The minimum absolute atomic E-state index is 0.315. The molecular formula is C19H20ClN3S. The Morgan fingerprint density at radius 2 is 1.96 bits per heavy atom. The second-order valence-electron chi connectivity index (χ2n) is 6.22. The monoisotopic (exact) mass is 357 g/mol. The molecule has 2 heterocycles. The van der Waals surface area contributed by atoms with E-state index < -0.39 is 0 Å². The molecule has 5 heteroatoms. The fourth-order valence-corrected chi connectivity index (χ4v) is 4.96. The molecule has 3 aromatic rings. The number of hydrogen-bond acceptors (Lipinski definition) is 4. The molecule has 3 nitrogen and oxygen atoms in total. The van der Waals surface area contributed by atoms with Crippen LogP contribution in [0.3, 0.4) is 0 Å². The van der Waals surface area contributed by atoms with Gasteiger partial charge < -0.3 is 5.32 Å². The van der Waals surface area contributed by atoms with Crippen LogP contribution >= 0.6 is 22.9 Å². The Morgan fingerprint density at radius 1 is 1.12 bits per heavy atom. The highest BCUT2D eigenvalue weighted by molar-refractivity contribution is 7.19. The van der Waals surface area contributed by atoms with Gasteiger partial charge in [-0.1, -0.05) is 31.5 Å². The van der Waals surface area contributed by atoms with Gasteiger partial charge in [-0.15, -0.1) is 11.3 Å². The van der Waals surface area contributed by atoms with Crippen molar-refractivity contribution in [2.24, 2.45) is 0 Å². The molecule has 0 radical (unpaired) electrons. The smallest absolute Gasteiger partial charge is 0.225 e. The van der Waals surface area contributed by atoms with Crippen molar-refractivity contribution in [3.8, 4) is 0 Å². The number of anilines is 2. The summed E-state index contributed by atoms with van der Waals surface area (Å²) in [6, 6.07) is 8.38. The summed E-state index contributed by atoms with van der Waals surface area (Å²) < 4.78 is 0. The van der Waals surface area contributed by atoms with E-state index in [-0.39, 0.29) is 0 Å². The van der Waals surface area contributed by atoms with Gasteiger partial charge in [0.15, 0.2) is 0 Å². The first-order valence-electron chi connectivity index (χ1n) is 8.59. The molecule has 0 saturated heterocycles. The van der Waals surface area contributed by atoms with E-state index in [1.807, 2.05) is 0 Å². The minimum atomic E-state index is 0.315. The molecule has 0 saturated carbocycles. The van der Waals surface area contributed by atoms with Crippen LogP contribution in [0.4, 0.5) is 11.5 Å². The van der Waals surface area contributed by atoms with E-state index in [2.05, 4.69) is 46.5 Å². The van der Waals surface area contributed by atoms with Crippen LogP contribution in [0.5, 0.6) is 0 Å². The standard InChI is InChI=1S/C19H20ClN3S/c1-2-12-8-6-7-10-14(12)21-17-16-13-9-4-3-5-11-15(13)24-18(16)23-19(20)22-17/h6-8,10H,2-5,9,11H2,1H3,(H,21,22,23). The molecule has 124 valence electrons. The van der Waals surface area contributed by atoms with Gasteiger partial charge in [0.2, 0.25) is 5.28 Å². The normalized spacial score (nSPS) is 14.4. The van der Waals surface area contributed by atoms with Crippen molar-refractivity contribution < 1.29 is 0 Å². The van der Waals surface area contributed by atoms with E-state index in [1.54, 1.807) is 11.3 Å². The van der Waals surface area contributed by atoms with Crippen LogP contribution in [0.2, 0.25) is 5.28 Å². The van der Waals surface area contributed by atoms with Gasteiger partial charge in [0, 0.05) is 10.6 Å². The number of rotatable bonds is 3. The van der Waals surface area contributed by atoms with Crippen LogP contribution in [-0.4, -0.2) is 9.97 Å². The molecule has 1 aromatic carbocycles. The lowest BCUT2D eigenvalue weighted by molar-refractivity contribution is 0.713. The average molecular weight is 358 g/mol. The van der Waals surface area contributed by atoms with Crippen LogP contribution < -0.4 is 5.32 Å². The summed E-state index contributed by atoms with van der Waals surface area (Å²) in [5, 5.41) is 5.02. The number of hydrogen-bond donors (Lipinski definition) is 1. The quantitative estimate of drug-likeness (QED) is 0.467. The second kappa shape index (κ2) is 6.69. The summed E-state index contributed by atoms with van der Waals surface area (Å²) in [6.07, 6.45) is 7.06. The number of nitrogens with zero attached hydrogens (tertiary/aromatic N) is 2. The van der Waals surface area contributed by atoms with Crippen molar-refractivity contribution in [1.29, 1.82) is 0 Å². The summed E-state index contributed by atoms with van der Waals surface area (Å²) in [5.74, 6) is 0.852. The third kappa shape index (κ3) is 2.89. The van der Waals surface area contributed by atoms with Crippen molar-refractivity contribution in [3.63, 3.8) is 0 Å². The van der Waals surface area contributed by atoms with Crippen molar-refractivity contribution >= 4 is 44.7 Å². The molecule has 4 rings (SSSR count). The Labute approximate surface area is 151 Å². The lowest BCUT2D eigenvalue weighted by atomic mass is 10.1. The van der Waals surface area contributed by atoms with E-state index in [0.717, 1.165) is 35.6 Å². The topological polar surface area (TPSA) is 37.8 Å². The largest absolute Gasteiger partial charge is 0.339 e. The van der Waals surface area contributed by atoms with Crippen molar-refractivity contribution in [2.45, 2.75) is 45.4 Å². The first-order chi connectivity index (χ1) is 11.8. The molecule has 0 amide bonds. The van der Waals surface area contributed by atoms with E-state index in [0.29, 0.717) is 5.28 Å². The van der Waals surface area contributed by atoms with Crippen LogP contribution in [0.25, 0.3) is 10.2 Å². The molecule has 0 fully saturated rings. The Bertz CT molecular complexity index is 888. The summed E-state index contributed by atoms with van der Waals surface area (Å²) in [7, 11) is 0. The number of nitrogens with one attached hydrogen (secondary N) is 1. The number of thiophene rings is 1. The lowest BCUT2D eigenvalue weighted by Crippen LogP contribution is -2.00. The average Bonchev–Trinajstić information content (AvgIpc) is 2.76. The molecule has 2 aromatic heterocycles. The Balaban J connectivity index is 1.86. The zero-order chi connectivity index (χ0) is 16.5. The van der Waals surface area contributed by atoms with Crippen molar-refractivity contribution in [3.05, 3.63) is 45.6 Å². The molecule has 24 heavy (non-hydrogen) atoms. The molecule has 1 N–H and O–H groups in total. The van der Waals surface area contributed by atoms with Gasteiger partial charge in [-0.05, 0) is 60.9 Å². The zero-order valence-electron chi connectivity index (χ0n) is 13.7. The number of aromatic nitrogens is 2. The van der Waals surface area contributed by atoms with Crippen LogP contribution in [-0.2, 0) is 19.3 Å². The predicted molar refractivity (Wildman–Crippen MR) is 103 cm³/mol. The maximum atomic E-state index is 6.20. The van der Waals surface area contributed by atoms with Crippen LogP contribution in [0, 0.1) is 0 Å². The highest BCUT2D eigenvalue weighted by atomic mass is 35.5. The third-order valence-corrected chi connectivity index (χ3v) is 6.04. The number of aryl methyl sites for hydroxylation is 3. The Morgan fingerprint density at radius 3 is 2.83 bits per heavy atom. The molecule has 0 bridgehead atoms. The fraction of sp³-hybridized carbons (Fsp3) is 0.368. The highest BCUT2D eigenvalue weighted by Gasteiger charge is 2.20. The SMILES string of the molecule is CCc1ccccc1Nc1nc(Cl)nc2sc3c(c12)CCCCC3. The van der Waals surface area contributed by atoms with E-state index >= 15 is 0 Å². The third-order valence-electron chi connectivity index (χ3n) is 4.69. The summed E-state index contributed by atoms with van der Waals surface area (Å²) >= 11 is 7.99. The summed E-state index contributed by atoms with van der Waals surface area (Å²) in [4.78, 5) is 11.5. The molecular weight excluding hydrogens is 338 g/mol. The number of halogens is 1. The lowest BCUT2D eigenvalue weighted by Gasteiger charge is -2.12. The van der Waals surface area contributed by atoms with Gasteiger partial charge in [0.1, 0.15) is 10.6 Å². The van der Waals surface area contributed by atoms with Crippen molar-refractivity contribution in [1.82, 2.24) is 9.97 Å². The van der Waals surface area contributed by atoms with Gasteiger partial charge in [-0.2, -0.15) is 4.98 Å². The Kier molecular flexibility index (Phi) is 4.42. The maximum absolute atomic E-state index is 6.20. The number of fused-ring (bicyclic) bond motifs is 3. The predicted octanol–water partition coefficient (Wildman–Crippen LogP) is 5.92. The number of para-hydroxylation sites is 1. The molecule has 0 aliphatic heterocycles. The minimum Gasteiger partial charge on any atom is -0.339 e. The Hall–Kier alpha value is -1.65. The first-order valence-corrected chi connectivity index (χ1v) is 9.78. The molecule has 0 spiro atoms. The van der Waals surface area contributed by atoms with Crippen LogP contribution in [0.15, 0.2) is 24.3 Å². The second-order valence-corrected chi connectivity index (χ2v) is 7.64. The fourth-order valence-electron chi connectivity index (χ4n) is 3.48. The van der Waals surface area contributed by atoms with E-state index in [9.17, 15) is 0 Å². The first kappa shape index (κ1) is 15.9. The van der Waals surface area contributed by atoms with Gasteiger partial charge in [-0.3, -0.25) is 0 Å². The van der Waals surface area contributed by atoms with Crippen molar-refractivity contribution in [2.75, 3.05) is 5.32 Å². The molecule has 1 aliphatic carbocycles. The molecule has 0 atom stereocenters. The van der Waals surface area contributed by atoms with Crippen LogP contribution in [0.1, 0.15) is 42.2 Å². The van der Waals surface area contributed by atoms with Gasteiger partial charge >= 0.3 is 0 Å². The zero-order valence-corrected chi connectivity index (χ0v) is 15.3. The summed E-state index contributed by atoms with van der Waals surface area (Å²) in [6.45, 7) is 2.17. The summed E-state index contributed by atoms with van der Waals surface area (Å²) in [5.41, 5.74) is 3.81. The highest BCUT2D eigenvalue weighted by Crippen LogP contribution is 2.39. The van der Waals surface area contributed by atoms with Gasteiger partial charge in [0.05, 0.1) is 5.39 Å². The molecule has 0 unspecified atom stereocenters. The maximum Gasteiger partial charge on any atom is 0.225 e. The van der Waals surface area contributed by atoms with E-state index in [1.165, 1.54) is 40.7 Å². The van der Waals surface area contributed by atoms with Gasteiger partial charge in [0.25, 0.3) is 0 Å². The van der Waals surface area contributed by atoms with E-state index in [4.69, 9.17) is 11.6 Å².